The molecule has 0 bridgehead atoms. The third kappa shape index (κ3) is 7.39. The van der Waals surface area contributed by atoms with Crippen LogP contribution in [0.4, 0.5) is 17.6 Å². The van der Waals surface area contributed by atoms with E-state index in [9.17, 15) is 31.9 Å². The molecule has 0 saturated heterocycles. The minimum atomic E-state index is -2.07. The highest BCUT2D eigenvalue weighted by atomic mass is 19.2. The molecule has 7 nitrogen and oxygen atoms in total. The first kappa shape index (κ1) is 29.0. The van der Waals surface area contributed by atoms with Crippen molar-refractivity contribution in [1.82, 2.24) is 10.2 Å². The van der Waals surface area contributed by atoms with Gasteiger partial charge < -0.3 is 19.7 Å². The molecule has 1 aliphatic heterocycles. The Labute approximate surface area is 207 Å². The molecule has 1 N–H and O–H groups in total. The second-order valence-electron chi connectivity index (χ2n) is 9.91. The Morgan fingerprint density at radius 2 is 1.64 bits per heavy atom. The number of hydrogen-bond donors (Lipinski definition) is 1. The van der Waals surface area contributed by atoms with Gasteiger partial charge in [0, 0.05) is 36.8 Å². The van der Waals surface area contributed by atoms with Crippen LogP contribution in [-0.2, 0) is 19.1 Å². The van der Waals surface area contributed by atoms with E-state index in [1.54, 1.807) is 33.8 Å². The molecule has 36 heavy (non-hydrogen) atoms. The molecule has 0 aliphatic carbocycles. The Bertz CT molecular complexity index is 1050. The van der Waals surface area contributed by atoms with Gasteiger partial charge in [0.15, 0.2) is 17.4 Å². The molecule has 11 heteroatoms. The summed E-state index contributed by atoms with van der Waals surface area (Å²) in [7, 11) is 0. The number of esters is 1. The summed E-state index contributed by atoms with van der Waals surface area (Å²) < 4.78 is 65.2. The summed E-state index contributed by atoms with van der Waals surface area (Å²) in [6.45, 7) is 11.8. The molecule has 1 heterocycles. The molecule has 0 saturated carbocycles. The molecule has 0 atom stereocenters. The first-order valence-electron chi connectivity index (χ1n) is 11.2. The van der Waals surface area contributed by atoms with Crippen LogP contribution in [0.15, 0.2) is 24.4 Å². The van der Waals surface area contributed by atoms with Gasteiger partial charge in [0.2, 0.25) is 17.5 Å². The first-order valence-corrected chi connectivity index (χ1v) is 11.2. The van der Waals surface area contributed by atoms with Crippen molar-refractivity contribution in [2.75, 3.05) is 19.7 Å². The van der Waals surface area contributed by atoms with Crippen LogP contribution >= 0.6 is 0 Å². The van der Waals surface area contributed by atoms with Crippen molar-refractivity contribution in [2.45, 2.75) is 53.1 Å². The average molecular weight is 515 g/mol. The lowest BCUT2D eigenvalue weighted by atomic mass is 9.90. The molecule has 0 radical (unpaired) electrons. The number of halogens is 4. The van der Waals surface area contributed by atoms with E-state index in [4.69, 9.17) is 9.47 Å². The summed E-state index contributed by atoms with van der Waals surface area (Å²) in [5.74, 6) is -10.0. The molecule has 1 aliphatic rings. The van der Waals surface area contributed by atoms with Crippen LogP contribution < -0.4 is 10.1 Å². The van der Waals surface area contributed by atoms with Gasteiger partial charge in [-0.1, -0.05) is 20.4 Å². The number of ether oxygens (including phenoxy) is 2. The Hall–Kier alpha value is -3.21. The van der Waals surface area contributed by atoms with Gasteiger partial charge in [-0.2, -0.15) is 4.39 Å². The molecule has 0 aromatic heterocycles. The molecule has 2 amide bonds. The van der Waals surface area contributed by atoms with E-state index < -0.39 is 51.6 Å². The van der Waals surface area contributed by atoms with E-state index in [1.807, 2.05) is 0 Å². The molecule has 2 rings (SSSR count). The smallest absolute Gasteiger partial charge is 0.311 e. The molecule has 0 fully saturated rings. The highest BCUT2D eigenvalue weighted by molar-refractivity contribution is 5.93. The molecule has 1 aromatic rings. The van der Waals surface area contributed by atoms with Gasteiger partial charge >= 0.3 is 5.97 Å². The average Bonchev–Trinajstić information content (AvgIpc) is 3.12. The Balaban J connectivity index is 1.84. The standard InChI is InChI=1S/C25H30F4N2O5/c1-14-7-8-17(33)31(14)10-9-16(32)30-12-25(5,6)35-13-24(3,4)11-18(34)36-23-15(2)19(26)20(27)21(28)22(23)29/h7-8H,1,9-13H2,2-6H3,(H,30,32). The summed E-state index contributed by atoms with van der Waals surface area (Å²) in [6.07, 6.45) is 2.71. The van der Waals surface area contributed by atoms with Crippen molar-refractivity contribution >= 4 is 17.8 Å². The number of hydrogen-bond acceptors (Lipinski definition) is 5. The lowest BCUT2D eigenvalue weighted by Crippen LogP contribution is -2.43. The Kier molecular flexibility index (Phi) is 9.06. The zero-order chi connectivity index (χ0) is 27.4. The molecule has 1 aromatic carbocycles. The molecular formula is C25H30F4N2O5. The third-order valence-corrected chi connectivity index (χ3v) is 5.44. The van der Waals surface area contributed by atoms with Gasteiger partial charge in [0.1, 0.15) is 0 Å². The predicted molar refractivity (Wildman–Crippen MR) is 123 cm³/mol. The van der Waals surface area contributed by atoms with Gasteiger partial charge in [-0.05, 0) is 32.3 Å². The fourth-order valence-corrected chi connectivity index (χ4v) is 3.23. The van der Waals surface area contributed by atoms with E-state index in [-0.39, 0.29) is 44.4 Å². The van der Waals surface area contributed by atoms with Crippen LogP contribution in [0, 0.1) is 35.6 Å². The van der Waals surface area contributed by atoms with E-state index in [2.05, 4.69) is 11.9 Å². The maximum absolute atomic E-state index is 14.0. The van der Waals surface area contributed by atoms with Crippen LogP contribution in [0.1, 0.15) is 46.1 Å². The van der Waals surface area contributed by atoms with Gasteiger partial charge in [0.05, 0.1) is 18.6 Å². The van der Waals surface area contributed by atoms with E-state index in [0.717, 1.165) is 6.92 Å². The lowest BCUT2D eigenvalue weighted by molar-refractivity contribution is -0.139. The van der Waals surface area contributed by atoms with Gasteiger partial charge in [-0.15, -0.1) is 0 Å². The number of nitrogens with one attached hydrogen (secondary N) is 1. The molecule has 0 spiro atoms. The Morgan fingerprint density at radius 3 is 2.22 bits per heavy atom. The fourth-order valence-electron chi connectivity index (χ4n) is 3.23. The summed E-state index contributed by atoms with van der Waals surface area (Å²) in [6, 6.07) is 0. The van der Waals surface area contributed by atoms with Crippen LogP contribution in [0.5, 0.6) is 5.75 Å². The SMILES string of the molecule is C=C1C=CC(=O)N1CCC(=O)NCC(C)(C)OCC(C)(C)CC(=O)Oc1c(C)c(F)c(F)c(F)c1F. The number of nitrogens with zero attached hydrogens (tertiary/aromatic N) is 1. The van der Waals surface area contributed by atoms with Gasteiger partial charge in [-0.25, -0.2) is 13.2 Å². The van der Waals surface area contributed by atoms with Crippen LogP contribution in [0.2, 0.25) is 0 Å². The number of allylic oxidation sites excluding steroid dienone is 1. The lowest BCUT2D eigenvalue weighted by Gasteiger charge is -2.31. The summed E-state index contributed by atoms with van der Waals surface area (Å²) in [5.41, 5.74) is -1.83. The fraction of sp³-hybridized carbons (Fsp3) is 0.480. The highest BCUT2D eigenvalue weighted by Crippen LogP contribution is 2.31. The van der Waals surface area contributed by atoms with Crippen LogP contribution in [0.3, 0.4) is 0 Å². The third-order valence-electron chi connectivity index (χ3n) is 5.44. The second-order valence-corrected chi connectivity index (χ2v) is 9.91. The maximum atomic E-state index is 14.0. The van der Waals surface area contributed by atoms with Crippen LogP contribution in [0.25, 0.3) is 0 Å². The minimum Gasteiger partial charge on any atom is -0.423 e. The second kappa shape index (κ2) is 11.2. The van der Waals surface area contributed by atoms with Crippen molar-refractivity contribution in [3.05, 3.63) is 53.3 Å². The number of amides is 2. The summed E-state index contributed by atoms with van der Waals surface area (Å²) >= 11 is 0. The zero-order valence-corrected chi connectivity index (χ0v) is 20.9. The van der Waals surface area contributed by atoms with E-state index in [0.29, 0.717) is 5.70 Å². The first-order chi connectivity index (χ1) is 16.5. The monoisotopic (exact) mass is 514 g/mol. The normalized spacial score (nSPS) is 14.0. The summed E-state index contributed by atoms with van der Waals surface area (Å²) in [5, 5.41) is 2.73. The molecule has 0 unspecified atom stereocenters. The van der Waals surface area contributed by atoms with Gasteiger partial charge in [-0.3, -0.25) is 14.4 Å². The van der Waals surface area contributed by atoms with Crippen molar-refractivity contribution in [1.29, 1.82) is 0 Å². The van der Waals surface area contributed by atoms with Gasteiger partial charge in [0.25, 0.3) is 5.91 Å². The zero-order valence-electron chi connectivity index (χ0n) is 20.9. The molecule has 198 valence electrons. The predicted octanol–water partition coefficient (Wildman–Crippen LogP) is 4.09. The largest absolute Gasteiger partial charge is 0.423 e. The van der Waals surface area contributed by atoms with Crippen molar-refractivity contribution in [2.24, 2.45) is 5.41 Å². The van der Waals surface area contributed by atoms with E-state index in [1.165, 1.54) is 11.0 Å². The topological polar surface area (TPSA) is 84.9 Å². The quantitative estimate of drug-likeness (QED) is 0.158. The van der Waals surface area contributed by atoms with E-state index >= 15 is 0 Å². The number of carbonyl (C=O) groups excluding carboxylic acids is 3. The minimum absolute atomic E-state index is 0.0202. The van der Waals surface area contributed by atoms with Crippen molar-refractivity contribution in [3.63, 3.8) is 0 Å². The number of carbonyl (C=O) groups is 3. The molecular weight excluding hydrogens is 484 g/mol. The number of benzene rings is 1. The summed E-state index contributed by atoms with van der Waals surface area (Å²) in [4.78, 5) is 37.6. The van der Waals surface area contributed by atoms with Crippen LogP contribution in [-0.4, -0.2) is 48.0 Å². The maximum Gasteiger partial charge on any atom is 0.311 e. The van der Waals surface area contributed by atoms with Crippen molar-refractivity contribution in [3.8, 4) is 5.75 Å². The van der Waals surface area contributed by atoms with Crippen molar-refractivity contribution < 1.29 is 41.4 Å². The Morgan fingerprint density at radius 1 is 1.03 bits per heavy atom. The highest BCUT2D eigenvalue weighted by Gasteiger charge is 2.31. The number of rotatable bonds is 11.